The smallest absolute Gasteiger partial charge is 0.168 e. The van der Waals surface area contributed by atoms with Crippen LogP contribution in [0.1, 0.15) is 116 Å². The van der Waals surface area contributed by atoms with E-state index < -0.39 is 14.1 Å². The lowest BCUT2D eigenvalue weighted by Crippen LogP contribution is -2.40. The Balaban J connectivity index is 2.76. The molecule has 0 spiro atoms. The van der Waals surface area contributed by atoms with Crippen LogP contribution in [-0.4, -0.2) is 31.8 Å². The van der Waals surface area contributed by atoms with E-state index in [2.05, 4.69) is 149 Å². The van der Waals surface area contributed by atoms with E-state index in [0.29, 0.717) is 0 Å². The van der Waals surface area contributed by atoms with Gasteiger partial charge in [0.15, 0.2) is 11.2 Å². The van der Waals surface area contributed by atoms with Gasteiger partial charge in [-0.1, -0.05) is 118 Å². The molecule has 0 aliphatic carbocycles. The minimum atomic E-state index is -2.43. The van der Waals surface area contributed by atoms with Gasteiger partial charge >= 0.3 is 0 Å². The quantitative estimate of drug-likeness (QED) is 0.305. The highest BCUT2D eigenvalue weighted by Crippen LogP contribution is 2.81. The van der Waals surface area contributed by atoms with Crippen molar-refractivity contribution in [2.75, 3.05) is 0 Å². The standard InChI is InChI=1S/C36H58N4P2/c1-23-19-25(3)29(26(4)20-23)37-31-39-42(35(13,14)15,36(16,17)18)32(38-30-27(5)21-24(2)22-28(30)6)40-41(31,33(7,8)9)34(10,11)12/h19-22H,1-18H3. The first kappa shape index (κ1) is 34.7. The second kappa shape index (κ2) is 11.0. The zero-order chi connectivity index (χ0) is 32.4. The van der Waals surface area contributed by atoms with Crippen molar-refractivity contribution in [1.29, 1.82) is 0 Å². The first-order chi connectivity index (χ1) is 18.8. The summed E-state index contributed by atoms with van der Waals surface area (Å²) in [7, 11) is -4.86. The Kier molecular flexibility index (Phi) is 9.09. The molecular formula is C36H58N4P2. The van der Waals surface area contributed by atoms with Gasteiger partial charge in [-0.2, -0.15) is 0 Å². The summed E-state index contributed by atoms with van der Waals surface area (Å²) in [4.78, 5) is 11.3. The molecule has 0 N–H and O–H groups in total. The maximum Gasteiger partial charge on any atom is 0.168 e. The molecule has 3 rings (SSSR count). The van der Waals surface area contributed by atoms with Crippen LogP contribution in [-0.2, 0) is 0 Å². The van der Waals surface area contributed by atoms with E-state index >= 15 is 0 Å². The molecule has 0 atom stereocenters. The molecule has 1 heterocycles. The van der Waals surface area contributed by atoms with Crippen molar-refractivity contribution in [3.8, 4) is 0 Å². The predicted molar refractivity (Wildman–Crippen MR) is 193 cm³/mol. The maximum absolute atomic E-state index is 6.08. The number of benzene rings is 2. The van der Waals surface area contributed by atoms with E-state index in [9.17, 15) is 0 Å². The van der Waals surface area contributed by atoms with Gasteiger partial charge in [-0.15, -0.1) is 0 Å². The van der Waals surface area contributed by atoms with E-state index in [1.54, 1.807) is 0 Å². The molecule has 2 aromatic carbocycles. The Labute approximate surface area is 258 Å². The van der Waals surface area contributed by atoms with E-state index in [1.165, 1.54) is 33.4 Å². The molecule has 0 saturated heterocycles. The summed E-state index contributed by atoms with van der Waals surface area (Å²) < 4.78 is 12.2. The molecule has 42 heavy (non-hydrogen) atoms. The summed E-state index contributed by atoms with van der Waals surface area (Å²) in [6.07, 6.45) is 0. The minimum Gasteiger partial charge on any atom is -0.238 e. The molecule has 1 aliphatic rings. The highest BCUT2D eigenvalue weighted by atomic mass is 31.2. The first-order valence-corrected chi connectivity index (χ1v) is 18.9. The lowest BCUT2D eigenvalue weighted by molar-refractivity contribution is 0.697. The summed E-state index contributed by atoms with van der Waals surface area (Å²) in [5.74, 6) is 0. The zero-order valence-corrected chi connectivity index (χ0v) is 31.8. The fourth-order valence-corrected chi connectivity index (χ4v) is 18.1. The van der Waals surface area contributed by atoms with Crippen LogP contribution in [0, 0.1) is 41.5 Å². The number of hydrogen-bond acceptors (Lipinski definition) is 2. The zero-order valence-electron chi connectivity index (χ0n) is 30.0. The van der Waals surface area contributed by atoms with Crippen LogP contribution in [0.15, 0.2) is 43.7 Å². The Hall–Kier alpha value is -1.76. The van der Waals surface area contributed by atoms with Crippen LogP contribution in [0.4, 0.5) is 11.4 Å². The van der Waals surface area contributed by atoms with Gasteiger partial charge in [0.1, 0.15) is 0 Å². The van der Waals surface area contributed by atoms with Gasteiger partial charge in [-0.3, -0.25) is 0 Å². The van der Waals surface area contributed by atoms with Gasteiger partial charge in [0.2, 0.25) is 0 Å². The van der Waals surface area contributed by atoms with Gasteiger partial charge in [-0.05, 0) is 63.8 Å². The van der Waals surface area contributed by atoms with Crippen molar-refractivity contribution in [2.45, 2.75) is 145 Å². The van der Waals surface area contributed by atoms with Crippen molar-refractivity contribution in [1.82, 2.24) is 0 Å². The van der Waals surface area contributed by atoms with Gasteiger partial charge < -0.3 is 0 Å². The Morgan fingerprint density at radius 2 is 0.643 bits per heavy atom. The van der Waals surface area contributed by atoms with Crippen LogP contribution in [0.2, 0.25) is 0 Å². The van der Waals surface area contributed by atoms with Crippen molar-refractivity contribution >= 4 is 36.6 Å². The van der Waals surface area contributed by atoms with E-state index in [-0.39, 0.29) is 20.6 Å². The fraction of sp³-hybridized carbons (Fsp3) is 0.611. The van der Waals surface area contributed by atoms with Crippen LogP contribution < -0.4 is 0 Å². The monoisotopic (exact) mass is 608 g/mol. The Morgan fingerprint density at radius 1 is 0.429 bits per heavy atom. The van der Waals surface area contributed by atoms with Crippen LogP contribution in [0.5, 0.6) is 0 Å². The highest BCUT2D eigenvalue weighted by molar-refractivity contribution is 7.93. The third kappa shape index (κ3) is 5.73. The molecule has 0 amide bonds. The molecule has 4 nitrogen and oxygen atoms in total. The van der Waals surface area contributed by atoms with Crippen LogP contribution in [0.25, 0.3) is 0 Å². The number of rotatable bonds is 2. The topological polar surface area (TPSA) is 49.4 Å². The van der Waals surface area contributed by atoms with Crippen LogP contribution in [0.3, 0.4) is 0 Å². The van der Waals surface area contributed by atoms with Gasteiger partial charge in [0, 0.05) is 20.6 Å². The van der Waals surface area contributed by atoms with Gasteiger partial charge in [0.05, 0.1) is 25.5 Å². The number of hydrogen-bond donors (Lipinski definition) is 0. The average molecular weight is 609 g/mol. The molecule has 2 aromatic rings. The maximum atomic E-state index is 6.08. The second-order valence-electron chi connectivity index (χ2n) is 16.5. The predicted octanol–water partition coefficient (Wildman–Crippen LogP) is 12.8. The molecule has 0 fully saturated rings. The van der Waals surface area contributed by atoms with E-state index in [4.69, 9.17) is 19.5 Å². The fourth-order valence-electron chi connectivity index (χ4n) is 7.39. The average Bonchev–Trinajstić information content (AvgIpc) is 2.75. The largest absolute Gasteiger partial charge is 0.238 e. The number of amidine groups is 2. The highest BCUT2D eigenvalue weighted by Gasteiger charge is 2.57. The lowest BCUT2D eigenvalue weighted by atomic mass is 10.1. The van der Waals surface area contributed by atoms with Crippen molar-refractivity contribution in [3.63, 3.8) is 0 Å². The SMILES string of the molecule is Cc1cc(C)c(N=C2N=P(C(C)(C)C)(C(C)(C)C)C(=Nc3c(C)cc(C)cc3C)N=P2(C(C)(C)C)C(C)(C)C)c(C)c1. The molecular weight excluding hydrogens is 550 g/mol. The van der Waals surface area contributed by atoms with Crippen molar-refractivity contribution < 1.29 is 0 Å². The summed E-state index contributed by atoms with van der Waals surface area (Å²) >= 11 is 0. The van der Waals surface area contributed by atoms with E-state index in [1.807, 2.05) is 0 Å². The summed E-state index contributed by atoms with van der Waals surface area (Å²) in [6, 6.07) is 8.97. The number of aryl methyl sites for hydroxylation is 6. The van der Waals surface area contributed by atoms with Gasteiger partial charge in [0.25, 0.3) is 0 Å². The second-order valence-corrected chi connectivity index (χ2v) is 25.6. The van der Waals surface area contributed by atoms with Crippen LogP contribution >= 0.6 is 14.1 Å². The van der Waals surface area contributed by atoms with E-state index in [0.717, 1.165) is 22.5 Å². The molecule has 0 radical (unpaired) electrons. The molecule has 232 valence electrons. The van der Waals surface area contributed by atoms with Gasteiger partial charge in [-0.25, -0.2) is 19.5 Å². The molecule has 1 aliphatic heterocycles. The minimum absolute atomic E-state index is 0.177. The van der Waals surface area contributed by atoms with Crippen molar-refractivity contribution in [3.05, 3.63) is 57.6 Å². The summed E-state index contributed by atoms with van der Waals surface area (Å²) in [5.41, 5.74) is 11.3. The van der Waals surface area contributed by atoms with Crippen molar-refractivity contribution in [2.24, 2.45) is 19.5 Å². The number of aliphatic imine (C=N–C) groups is 2. The molecule has 0 aromatic heterocycles. The third-order valence-corrected chi connectivity index (χ3v) is 19.3. The molecule has 0 saturated carbocycles. The summed E-state index contributed by atoms with van der Waals surface area (Å²) in [5, 5.41) is -0.706. The molecule has 0 unspecified atom stereocenters. The Morgan fingerprint density at radius 3 is 0.833 bits per heavy atom. The number of nitrogens with zero attached hydrogens (tertiary/aromatic N) is 4. The normalized spacial score (nSPS) is 19.6. The molecule has 0 bridgehead atoms. The lowest BCUT2D eigenvalue weighted by Gasteiger charge is -2.53. The summed E-state index contributed by atoms with van der Waals surface area (Å²) in [6.45, 7) is 41.1. The first-order valence-electron chi connectivity index (χ1n) is 15.4. The third-order valence-electron chi connectivity index (χ3n) is 8.64. The Bertz CT molecular complexity index is 1370. The molecule has 6 heteroatoms.